The Balaban J connectivity index is 2.17. The van der Waals surface area contributed by atoms with Crippen molar-refractivity contribution in [2.45, 2.75) is 32.9 Å². The van der Waals surface area contributed by atoms with Gasteiger partial charge in [0.05, 0.1) is 0 Å². The molecule has 112 valence electrons. The average Bonchev–Trinajstić information content (AvgIpc) is 2.63. The molecule has 1 aromatic carbocycles. The van der Waals surface area contributed by atoms with E-state index in [0.29, 0.717) is 5.69 Å². The first-order chi connectivity index (χ1) is 9.91. The number of nitrogens with one attached hydrogen (secondary N) is 1. The zero-order valence-corrected chi connectivity index (χ0v) is 12.4. The van der Waals surface area contributed by atoms with Crippen molar-refractivity contribution in [1.29, 1.82) is 0 Å². The molecule has 0 radical (unpaired) electrons. The molecule has 1 atom stereocenters. The van der Waals surface area contributed by atoms with E-state index in [1.54, 1.807) is 31.2 Å². The van der Waals surface area contributed by atoms with Crippen molar-refractivity contribution in [3.63, 3.8) is 0 Å². The Morgan fingerprint density at radius 1 is 1.24 bits per heavy atom. The smallest absolute Gasteiger partial charge is 0.332 e. The van der Waals surface area contributed by atoms with Crippen molar-refractivity contribution in [2.75, 3.05) is 11.4 Å². The number of rotatable bonds is 4. The number of carbonyl (C=O) groups is 3. The van der Waals surface area contributed by atoms with E-state index in [0.717, 1.165) is 4.90 Å². The molecule has 1 N–H and O–H groups in total. The summed E-state index contributed by atoms with van der Waals surface area (Å²) in [5.74, 6) is -0.698. The van der Waals surface area contributed by atoms with E-state index >= 15 is 0 Å². The number of imide groups is 1. The third-order valence-electron chi connectivity index (χ3n) is 3.23. The third-order valence-corrected chi connectivity index (χ3v) is 3.23. The van der Waals surface area contributed by atoms with E-state index in [-0.39, 0.29) is 24.4 Å². The number of hydrogen-bond acceptors (Lipinski definition) is 3. The van der Waals surface area contributed by atoms with Gasteiger partial charge in [0.25, 0.3) is 5.91 Å². The summed E-state index contributed by atoms with van der Waals surface area (Å²) in [7, 11) is 0. The number of anilines is 1. The SMILES string of the molecule is CC(C)NC(=O)CN1C(=O)[C@@H](C)N(c2ccccc2)C1=O. The third kappa shape index (κ3) is 3.04. The summed E-state index contributed by atoms with van der Waals surface area (Å²) in [6.45, 7) is 5.06. The lowest BCUT2D eigenvalue weighted by atomic mass is 10.2. The highest BCUT2D eigenvalue weighted by Crippen LogP contribution is 2.25. The van der Waals surface area contributed by atoms with Crippen LogP contribution in [0.1, 0.15) is 20.8 Å². The zero-order chi connectivity index (χ0) is 15.6. The number of benzene rings is 1. The van der Waals surface area contributed by atoms with Gasteiger partial charge in [-0.1, -0.05) is 18.2 Å². The lowest BCUT2D eigenvalue weighted by molar-refractivity contribution is -0.132. The van der Waals surface area contributed by atoms with Crippen LogP contribution in [0.15, 0.2) is 30.3 Å². The highest BCUT2D eigenvalue weighted by atomic mass is 16.2. The zero-order valence-electron chi connectivity index (χ0n) is 12.4. The van der Waals surface area contributed by atoms with Gasteiger partial charge < -0.3 is 5.32 Å². The van der Waals surface area contributed by atoms with E-state index in [4.69, 9.17) is 0 Å². The molecule has 1 aliphatic rings. The number of nitrogens with zero attached hydrogens (tertiary/aromatic N) is 2. The summed E-state index contributed by atoms with van der Waals surface area (Å²) in [6, 6.07) is 7.86. The maximum absolute atomic E-state index is 12.4. The standard InChI is InChI=1S/C15H19N3O3/c1-10(2)16-13(19)9-17-14(20)11(3)18(15(17)21)12-7-5-4-6-8-12/h4-8,10-11H,9H2,1-3H3,(H,16,19)/t11-/m1/s1. The second-order valence-electron chi connectivity index (χ2n) is 5.31. The molecule has 1 aromatic rings. The molecule has 1 aliphatic heterocycles. The molecular formula is C15H19N3O3. The van der Waals surface area contributed by atoms with Crippen LogP contribution in [-0.4, -0.2) is 41.4 Å². The normalized spacial score (nSPS) is 18.6. The van der Waals surface area contributed by atoms with Gasteiger partial charge in [-0.05, 0) is 32.9 Å². The number of para-hydroxylation sites is 1. The largest absolute Gasteiger partial charge is 0.352 e. The molecule has 0 aromatic heterocycles. The minimum absolute atomic E-state index is 0.0343. The lowest BCUT2D eigenvalue weighted by Gasteiger charge is -2.19. The van der Waals surface area contributed by atoms with Gasteiger partial charge in [-0.25, -0.2) is 4.79 Å². The van der Waals surface area contributed by atoms with E-state index in [1.807, 2.05) is 19.9 Å². The molecule has 4 amide bonds. The van der Waals surface area contributed by atoms with Crippen LogP contribution in [0.25, 0.3) is 0 Å². The number of amides is 4. The van der Waals surface area contributed by atoms with Gasteiger partial charge in [0.15, 0.2) is 0 Å². The molecule has 2 rings (SSSR count). The van der Waals surface area contributed by atoms with Crippen LogP contribution in [0.4, 0.5) is 10.5 Å². The fourth-order valence-electron chi connectivity index (χ4n) is 2.31. The first-order valence-corrected chi connectivity index (χ1v) is 6.90. The number of hydrogen-bond donors (Lipinski definition) is 1. The molecule has 6 heteroatoms. The van der Waals surface area contributed by atoms with Crippen LogP contribution >= 0.6 is 0 Å². The van der Waals surface area contributed by atoms with Gasteiger partial charge >= 0.3 is 6.03 Å². The molecule has 1 heterocycles. The quantitative estimate of drug-likeness (QED) is 0.851. The fourth-order valence-corrected chi connectivity index (χ4v) is 2.31. The first kappa shape index (κ1) is 15.0. The summed E-state index contributed by atoms with van der Waals surface area (Å²) in [4.78, 5) is 38.8. The minimum Gasteiger partial charge on any atom is -0.352 e. The van der Waals surface area contributed by atoms with Gasteiger partial charge in [-0.3, -0.25) is 19.4 Å². The number of carbonyl (C=O) groups excluding carboxylic acids is 3. The topological polar surface area (TPSA) is 69.7 Å². The second-order valence-corrected chi connectivity index (χ2v) is 5.31. The van der Waals surface area contributed by atoms with Crippen molar-refractivity contribution in [2.24, 2.45) is 0 Å². The fraction of sp³-hybridized carbons (Fsp3) is 0.400. The Bertz CT molecular complexity index is 557. The Hall–Kier alpha value is -2.37. The van der Waals surface area contributed by atoms with Crippen molar-refractivity contribution >= 4 is 23.5 Å². The van der Waals surface area contributed by atoms with E-state index < -0.39 is 12.1 Å². The average molecular weight is 289 g/mol. The highest BCUT2D eigenvalue weighted by molar-refractivity contribution is 6.15. The molecule has 0 saturated carbocycles. The molecule has 0 aliphatic carbocycles. The molecule has 21 heavy (non-hydrogen) atoms. The molecule has 0 unspecified atom stereocenters. The van der Waals surface area contributed by atoms with Crippen LogP contribution in [-0.2, 0) is 9.59 Å². The first-order valence-electron chi connectivity index (χ1n) is 6.90. The summed E-state index contributed by atoms with van der Waals surface area (Å²) in [6.07, 6.45) is 0. The Morgan fingerprint density at radius 2 is 1.86 bits per heavy atom. The molecule has 1 saturated heterocycles. The number of urea groups is 1. The maximum atomic E-state index is 12.4. The molecule has 0 bridgehead atoms. The Kier molecular flexibility index (Phi) is 4.26. The highest BCUT2D eigenvalue weighted by Gasteiger charge is 2.43. The monoisotopic (exact) mass is 289 g/mol. The van der Waals surface area contributed by atoms with Crippen LogP contribution in [0.2, 0.25) is 0 Å². The van der Waals surface area contributed by atoms with Crippen LogP contribution < -0.4 is 10.2 Å². The van der Waals surface area contributed by atoms with Crippen LogP contribution in [0.3, 0.4) is 0 Å². The molecular weight excluding hydrogens is 270 g/mol. The minimum atomic E-state index is -0.605. The summed E-state index contributed by atoms with van der Waals surface area (Å²) >= 11 is 0. The van der Waals surface area contributed by atoms with Crippen molar-refractivity contribution in [1.82, 2.24) is 10.2 Å². The molecule has 6 nitrogen and oxygen atoms in total. The van der Waals surface area contributed by atoms with Crippen LogP contribution in [0, 0.1) is 0 Å². The van der Waals surface area contributed by atoms with E-state index in [1.165, 1.54) is 4.90 Å². The van der Waals surface area contributed by atoms with E-state index in [9.17, 15) is 14.4 Å². The summed E-state index contributed by atoms with van der Waals surface area (Å²) in [5, 5.41) is 2.68. The van der Waals surface area contributed by atoms with Crippen molar-refractivity contribution in [3.05, 3.63) is 30.3 Å². The van der Waals surface area contributed by atoms with Crippen LogP contribution in [0.5, 0.6) is 0 Å². The molecule has 0 spiro atoms. The Morgan fingerprint density at radius 3 is 2.43 bits per heavy atom. The van der Waals surface area contributed by atoms with Gasteiger partial charge in [0.1, 0.15) is 12.6 Å². The van der Waals surface area contributed by atoms with Crippen molar-refractivity contribution in [3.8, 4) is 0 Å². The van der Waals surface area contributed by atoms with E-state index in [2.05, 4.69) is 5.32 Å². The lowest BCUT2D eigenvalue weighted by Crippen LogP contribution is -2.43. The Labute approximate surface area is 123 Å². The summed E-state index contributed by atoms with van der Waals surface area (Å²) < 4.78 is 0. The van der Waals surface area contributed by atoms with Gasteiger partial charge in [0, 0.05) is 11.7 Å². The van der Waals surface area contributed by atoms with Gasteiger partial charge in [0.2, 0.25) is 5.91 Å². The summed E-state index contributed by atoms with van der Waals surface area (Å²) in [5.41, 5.74) is 0.648. The predicted molar refractivity (Wildman–Crippen MR) is 78.8 cm³/mol. The second kappa shape index (κ2) is 5.95. The van der Waals surface area contributed by atoms with Gasteiger partial charge in [-0.2, -0.15) is 0 Å². The van der Waals surface area contributed by atoms with Crippen molar-refractivity contribution < 1.29 is 14.4 Å². The predicted octanol–water partition coefficient (Wildman–Crippen LogP) is 1.37. The molecule has 1 fully saturated rings. The maximum Gasteiger partial charge on any atom is 0.332 e. The van der Waals surface area contributed by atoms with Gasteiger partial charge in [-0.15, -0.1) is 0 Å².